The van der Waals surface area contributed by atoms with Gasteiger partial charge in [-0.15, -0.1) is 0 Å². The highest BCUT2D eigenvalue weighted by Crippen LogP contribution is 2.56. The van der Waals surface area contributed by atoms with Crippen molar-refractivity contribution in [1.82, 2.24) is 0 Å². The van der Waals surface area contributed by atoms with Crippen molar-refractivity contribution in [2.45, 2.75) is 31.8 Å². The zero-order chi connectivity index (χ0) is 24.3. The largest absolute Gasteiger partial charge is 0.496 e. The van der Waals surface area contributed by atoms with Crippen LogP contribution in [0.1, 0.15) is 36.3 Å². The summed E-state index contributed by atoms with van der Waals surface area (Å²) in [4.78, 5) is 0. The average molecular weight is 455 g/mol. The lowest BCUT2D eigenvalue weighted by Crippen LogP contribution is -2.42. The van der Waals surface area contributed by atoms with Crippen molar-refractivity contribution >= 4 is 0 Å². The molecule has 34 heavy (non-hydrogen) atoms. The maximum atomic E-state index is 13.1. The molecule has 2 atom stereocenters. The van der Waals surface area contributed by atoms with Gasteiger partial charge in [0.25, 0.3) is 0 Å². The highest BCUT2D eigenvalue weighted by molar-refractivity contribution is 5.59. The lowest BCUT2D eigenvalue weighted by Gasteiger charge is -2.43. The molecule has 2 N–H and O–H groups in total. The molecule has 4 rings (SSSR count). The molecule has 0 unspecified atom stereocenters. The van der Waals surface area contributed by atoms with Crippen LogP contribution in [-0.2, 0) is 6.61 Å². The van der Waals surface area contributed by atoms with E-state index < -0.39 is 11.3 Å². The van der Waals surface area contributed by atoms with E-state index in [9.17, 15) is 20.2 Å². The fourth-order valence-corrected chi connectivity index (χ4v) is 5.02. The highest BCUT2D eigenvalue weighted by atomic mass is 19.1. The van der Waals surface area contributed by atoms with Crippen LogP contribution in [0.3, 0.4) is 0 Å². The van der Waals surface area contributed by atoms with Crippen molar-refractivity contribution in [1.29, 1.82) is 15.8 Å². The number of benzene rings is 2. The molecule has 0 aromatic heterocycles. The second-order valence-electron chi connectivity index (χ2n) is 8.42. The molecule has 0 saturated heterocycles. The summed E-state index contributed by atoms with van der Waals surface area (Å²) < 4.78 is 24.5. The Labute approximate surface area is 197 Å². The van der Waals surface area contributed by atoms with E-state index in [2.05, 4.69) is 18.2 Å². The third kappa shape index (κ3) is 3.74. The summed E-state index contributed by atoms with van der Waals surface area (Å²) in [5.74, 6) is -0.0107. The topological polar surface area (TPSA) is 116 Å². The van der Waals surface area contributed by atoms with Gasteiger partial charge in [0.1, 0.15) is 30.0 Å². The zero-order valence-electron chi connectivity index (χ0n) is 18.7. The molecule has 0 amide bonds. The Morgan fingerprint density at radius 1 is 1.12 bits per heavy atom. The van der Waals surface area contributed by atoms with Crippen molar-refractivity contribution in [2.24, 2.45) is 17.1 Å². The summed E-state index contributed by atoms with van der Waals surface area (Å²) in [6.45, 7) is 0.191. The van der Waals surface area contributed by atoms with Crippen molar-refractivity contribution in [2.75, 3.05) is 7.11 Å². The number of methoxy groups -OCH3 is 1. The van der Waals surface area contributed by atoms with Gasteiger partial charge in [0, 0.05) is 11.5 Å². The molecule has 0 bridgehead atoms. The number of halogens is 1. The van der Waals surface area contributed by atoms with E-state index in [1.54, 1.807) is 12.1 Å². The number of rotatable bonds is 5. The number of ether oxygens (including phenoxy) is 2. The first-order valence-electron chi connectivity index (χ1n) is 11.0. The molecule has 2 aliphatic rings. The first-order valence-corrected chi connectivity index (χ1v) is 11.0. The van der Waals surface area contributed by atoms with Crippen LogP contribution < -0.4 is 15.2 Å². The molecule has 0 radical (unpaired) electrons. The van der Waals surface area contributed by atoms with Gasteiger partial charge in [-0.3, -0.25) is 0 Å². The standard InChI is InChI=1S/C27H23FN4O2/c1-33-24-12-17(6-7-18(24)14-34-20-10-8-19(28)9-11-20)25-22-5-3-2-4-21(22)23(13-29)26(32)27(25,15-30)16-31/h4,6-12,22,25H,2-3,5,14,32H2,1H3/t22-,25-/m0/s1. The summed E-state index contributed by atoms with van der Waals surface area (Å²) in [7, 11) is 1.54. The van der Waals surface area contributed by atoms with Crippen molar-refractivity contribution in [3.8, 4) is 29.7 Å². The Morgan fingerprint density at radius 3 is 2.50 bits per heavy atom. The molecule has 0 saturated carbocycles. The van der Waals surface area contributed by atoms with Gasteiger partial charge >= 0.3 is 0 Å². The fraction of sp³-hybridized carbons (Fsp3) is 0.296. The monoisotopic (exact) mass is 454 g/mol. The maximum absolute atomic E-state index is 13.1. The lowest BCUT2D eigenvalue weighted by molar-refractivity contribution is 0.294. The van der Waals surface area contributed by atoms with E-state index in [0.717, 1.165) is 36.0 Å². The quantitative estimate of drug-likeness (QED) is 0.679. The second-order valence-corrected chi connectivity index (χ2v) is 8.42. The number of nitriles is 3. The SMILES string of the molecule is COc1cc([C@H]2[C@H]3CCCC=C3C(C#N)=C(N)C2(C#N)C#N)ccc1COc1ccc(F)cc1. The first-order chi connectivity index (χ1) is 16.5. The Bertz CT molecular complexity index is 1280. The summed E-state index contributed by atoms with van der Waals surface area (Å²) in [6.07, 6.45) is 4.48. The van der Waals surface area contributed by atoms with Crippen LogP contribution in [0.15, 0.2) is 65.4 Å². The molecule has 0 fully saturated rings. The minimum atomic E-state index is -1.67. The fourth-order valence-electron chi connectivity index (χ4n) is 5.02. The third-order valence-corrected chi connectivity index (χ3v) is 6.68. The smallest absolute Gasteiger partial charge is 0.191 e. The van der Waals surface area contributed by atoms with Gasteiger partial charge in [0.15, 0.2) is 5.41 Å². The molecular weight excluding hydrogens is 431 g/mol. The molecule has 170 valence electrons. The number of hydrogen-bond donors (Lipinski definition) is 1. The summed E-state index contributed by atoms with van der Waals surface area (Å²) >= 11 is 0. The van der Waals surface area contributed by atoms with Crippen LogP contribution in [0.25, 0.3) is 0 Å². The van der Waals surface area contributed by atoms with Crippen molar-refractivity contribution in [3.63, 3.8) is 0 Å². The third-order valence-electron chi connectivity index (χ3n) is 6.68. The van der Waals surface area contributed by atoms with Gasteiger partial charge in [0.05, 0.1) is 30.5 Å². The summed E-state index contributed by atoms with van der Waals surface area (Å²) in [6, 6.07) is 17.7. The van der Waals surface area contributed by atoms with Crippen LogP contribution >= 0.6 is 0 Å². The molecule has 2 aromatic carbocycles. The van der Waals surface area contributed by atoms with Crippen LogP contribution in [-0.4, -0.2) is 7.11 Å². The van der Waals surface area contributed by atoms with E-state index >= 15 is 0 Å². The Kier molecular flexibility index (Phi) is 6.26. The van der Waals surface area contributed by atoms with Crippen molar-refractivity contribution in [3.05, 3.63) is 82.3 Å². The van der Waals surface area contributed by atoms with Gasteiger partial charge in [-0.1, -0.05) is 18.2 Å². The Hall–Kier alpha value is -4.28. The number of fused-ring (bicyclic) bond motifs is 1. The molecule has 0 aliphatic heterocycles. The van der Waals surface area contributed by atoms with Crippen LogP contribution in [0.5, 0.6) is 11.5 Å². The molecule has 2 aromatic rings. The highest BCUT2D eigenvalue weighted by Gasteiger charge is 2.53. The molecule has 0 spiro atoms. The average Bonchev–Trinajstić information content (AvgIpc) is 2.88. The zero-order valence-corrected chi connectivity index (χ0v) is 18.7. The van der Waals surface area contributed by atoms with E-state index in [1.807, 2.05) is 24.3 Å². The van der Waals surface area contributed by atoms with E-state index in [-0.39, 0.29) is 29.6 Å². The minimum Gasteiger partial charge on any atom is -0.496 e. The van der Waals surface area contributed by atoms with E-state index in [4.69, 9.17) is 15.2 Å². The molecular formula is C27H23FN4O2. The first kappa shape index (κ1) is 22.9. The molecule has 6 nitrogen and oxygen atoms in total. The number of nitrogens with zero attached hydrogens (tertiary/aromatic N) is 3. The van der Waals surface area contributed by atoms with Gasteiger partial charge in [-0.25, -0.2) is 4.39 Å². The van der Waals surface area contributed by atoms with E-state index in [0.29, 0.717) is 11.5 Å². The summed E-state index contributed by atoms with van der Waals surface area (Å²) in [5.41, 5.74) is 7.25. The van der Waals surface area contributed by atoms with Crippen LogP contribution in [0, 0.1) is 51.1 Å². The predicted octanol–water partition coefficient (Wildman–Crippen LogP) is 5.01. The van der Waals surface area contributed by atoms with Crippen LogP contribution in [0.4, 0.5) is 4.39 Å². The Balaban J connectivity index is 1.75. The Morgan fingerprint density at radius 2 is 1.85 bits per heavy atom. The minimum absolute atomic E-state index is 0.0112. The molecule has 2 aliphatic carbocycles. The number of allylic oxidation sites excluding steroid dienone is 4. The van der Waals surface area contributed by atoms with Crippen molar-refractivity contribution < 1.29 is 13.9 Å². The molecule has 0 heterocycles. The van der Waals surface area contributed by atoms with Gasteiger partial charge in [0.2, 0.25) is 0 Å². The van der Waals surface area contributed by atoms with Crippen LogP contribution in [0.2, 0.25) is 0 Å². The van der Waals surface area contributed by atoms with Gasteiger partial charge in [-0.05, 0) is 66.6 Å². The number of hydrogen-bond acceptors (Lipinski definition) is 6. The maximum Gasteiger partial charge on any atom is 0.191 e. The van der Waals surface area contributed by atoms with Gasteiger partial charge in [-0.2, -0.15) is 15.8 Å². The van der Waals surface area contributed by atoms with Gasteiger partial charge < -0.3 is 15.2 Å². The molecule has 7 heteroatoms. The number of nitrogens with two attached hydrogens (primary N) is 1. The normalized spacial score (nSPS) is 20.7. The predicted molar refractivity (Wildman–Crippen MR) is 122 cm³/mol. The van der Waals surface area contributed by atoms with E-state index in [1.165, 1.54) is 19.2 Å². The lowest BCUT2D eigenvalue weighted by atomic mass is 9.56. The summed E-state index contributed by atoms with van der Waals surface area (Å²) in [5, 5.41) is 30.1. The second kappa shape index (κ2) is 9.30.